The van der Waals surface area contributed by atoms with E-state index in [-0.39, 0.29) is 25.6 Å². The van der Waals surface area contributed by atoms with E-state index in [1.807, 2.05) is 0 Å². The van der Waals surface area contributed by atoms with Gasteiger partial charge in [-0.2, -0.15) is 0 Å². The van der Waals surface area contributed by atoms with Gasteiger partial charge in [0.05, 0.1) is 6.61 Å². The second kappa shape index (κ2) is 5.98. The van der Waals surface area contributed by atoms with Crippen LogP contribution in [0, 0.1) is 5.82 Å². The Morgan fingerprint density at radius 3 is 2.87 bits per heavy atom. The number of carbonyl (C=O) groups is 1. The average molecular weight is 213 g/mol. The first-order valence-corrected chi connectivity index (χ1v) is 4.49. The van der Waals surface area contributed by atoms with Crippen LogP contribution in [0.1, 0.15) is 5.56 Å². The number of rotatable bonds is 4. The Balaban J connectivity index is 2.37. The van der Waals surface area contributed by atoms with Gasteiger partial charge >= 0.3 is 6.09 Å². The summed E-state index contributed by atoms with van der Waals surface area (Å²) in [5.74, 6) is -0.375. The summed E-state index contributed by atoms with van der Waals surface area (Å²) in [6.45, 7) is -0.229. The Hall–Kier alpha value is -1.62. The third-order valence-electron chi connectivity index (χ3n) is 1.71. The molecule has 4 nitrogen and oxygen atoms in total. The molecule has 0 aromatic heterocycles. The predicted octanol–water partition coefficient (Wildman–Crippen LogP) is 1.04. The molecule has 1 amide bonds. The SMILES string of the molecule is O=C(NCc1ccccc1F)OCCO. The molecule has 5 heteroatoms. The summed E-state index contributed by atoms with van der Waals surface area (Å²) >= 11 is 0. The Morgan fingerprint density at radius 2 is 2.20 bits per heavy atom. The van der Waals surface area contributed by atoms with Crippen LogP contribution in [0.3, 0.4) is 0 Å². The van der Waals surface area contributed by atoms with Crippen LogP contribution in [0.4, 0.5) is 9.18 Å². The molecule has 0 atom stereocenters. The van der Waals surface area contributed by atoms with Crippen molar-refractivity contribution >= 4 is 6.09 Å². The first-order valence-electron chi connectivity index (χ1n) is 4.49. The molecule has 2 N–H and O–H groups in total. The number of hydrogen-bond donors (Lipinski definition) is 2. The molecule has 0 bridgehead atoms. The van der Waals surface area contributed by atoms with Crippen LogP contribution in [0.15, 0.2) is 24.3 Å². The zero-order valence-corrected chi connectivity index (χ0v) is 8.07. The minimum Gasteiger partial charge on any atom is -0.447 e. The number of alkyl carbamates (subject to hydrolysis) is 1. The number of carbonyl (C=O) groups excluding carboxylic acids is 1. The van der Waals surface area contributed by atoms with Gasteiger partial charge in [-0.05, 0) is 6.07 Å². The Bertz CT molecular complexity index is 330. The Kier molecular flexibility index (Phi) is 4.56. The van der Waals surface area contributed by atoms with E-state index in [2.05, 4.69) is 10.1 Å². The molecular formula is C10H12FNO3. The fraction of sp³-hybridized carbons (Fsp3) is 0.300. The zero-order chi connectivity index (χ0) is 11.1. The summed E-state index contributed by atoms with van der Waals surface area (Å²) in [5.41, 5.74) is 0.387. The molecular weight excluding hydrogens is 201 g/mol. The molecule has 0 radical (unpaired) electrons. The second-order valence-electron chi connectivity index (χ2n) is 2.80. The molecule has 15 heavy (non-hydrogen) atoms. The van der Waals surface area contributed by atoms with Crippen molar-refractivity contribution in [2.24, 2.45) is 0 Å². The molecule has 0 aliphatic rings. The summed E-state index contributed by atoms with van der Waals surface area (Å²) < 4.78 is 17.6. The number of amides is 1. The van der Waals surface area contributed by atoms with Crippen LogP contribution < -0.4 is 5.32 Å². The summed E-state index contributed by atoms with van der Waals surface area (Å²) in [6.07, 6.45) is -0.674. The zero-order valence-electron chi connectivity index (χ0n) is 8.07. The second-order valence-corrected chi connectivity index (χ2v) is 2.80. The van der Waals surface area contributed by atoms with Gasteiger partial charge in [-0.25, -0.2) is 9.18 Å². The smallest absolute Gasteiger partial charge is 0.407 e. The standard InChI is InChI=1S/C10H12FNO3/c11-9-4-2-1-3-8(9)7-12-10(14)15-6-5-13/h1-4,13H,5-7H2,(H,12,14). The normalized spacial score (nSPS) is 9.73. The number of aliphatic hydroxyl groups excluding tert-OH is 1. The van der Waals surface area contributed by atoms with Gasteiger partial charge in [-0.15, -0.1) is 0 Å². The highest BCUT2D eigenvalue weighted by atomic mass is 19.1. The molecule has 0 saturated carbocycles. The molecule has 1 aromatic rings. The quantitative estimate of drug-likeness (QED) is 0.785. The van der Waals surface area contributed by atoms with Gasteiger partial charge in [-0.3, -0.25) is 0 Å². The average Bonchev–Trinajstić information content (AvgIpc) is 2.25. The van der Waals surface area contributed by atoms with Gasteiger partial charge in [0, 0.05) is 12.1 Å². The van der Waals surface area contributed by atoms with Gasteiger partial charge in [0.1, 0.15) is 12.4 Å². The number of nitrogens with one attached hydrogen (secondary N) is 1. The molecule has 0 unspecified atom stereocenters. The molecule has 0 heterocycles. The van der Waals surface area contributed by atoms with Crippen molar-refractivity contribution < 1.29 is 19.0 Å². The lowest BCUT2D eigenvalue weighted by atomic mass is 10.2. The van der Waals surface area contributed by atoms with E-state index >= 15 is 0 Å². The van der Waals surface area contributed by atoms with E-state index in [0.29, 0.717) is 5.56 Å². The third-order valence-corrected chi connectivity index (χ3v) is 1.71. The van der Waals surface area contributed by atoms with Crippen molar-refractivity contribution in [2.75, 3.05) is 13.2 Å². The van der Waals surface area contributed by atoms with E-state index in [4.69, 9.17) is 5.11 Å². The highest BCUT2D eigenvalue weighted by molar-refractivity contribution is 5.67. The predicted molar refractivity (Wildman–Crippen MR) is 51.7 cm³/mol. The van der Waals surface area contributed by atoms with Crippen molar-refractivity contribution in [3.63, 3.8) is 0 Å². The van der Waals surface area contributed by atoms with Crippen molar-refractivity contribution in [2.45, 2.75) is 6.54 Å². The van der Waals surface area contributed by atoms with Gasteiger partial charge in [0.25, 0.3) is 0 Å². The molecule has 0 aliphatic carbocycles. The monoisotopic (exact) mass is 213 g/mol. The fourth-order valence-electron chi connectivity index (χ4n) is 0.999. The largest absolute Gasteiger partial charge is 0.447 e. The minimum atomic E-state index is -0.674. The Morgan fingerprint density at radius 1 is 1.47 bits per heavy atom. The van der Waals surface area contributed by atoms with Crippen molar-refractivity contribution in [3.8, 4) is 0 Å². The van der Waals surface area contributed by atoms with E-state index in [9.17, 15) is 9.18 Å². The maximum Gasteiger partial charge on any atom is 0.407 e. The van der Waals surface area contributed by atoms with E-state index in [1.54, 1.807) is 18.2 Å². The topological polar surface area (TPSA) is 58.6 Å². The van der Waals surface area contributed by atoms with Gasteiger partial charge in [0.2, 0.25) is 0 Å². The van der Waals surface area contributed by atoms with Crippen LogP contribution in [0.25, 0.3) is 0 Å². The number of benzene rings is 1. The molecule has 0 aliphatic heterocycles. The lowest BCUT2D eigenvalue weighted by Crippen LogP contribution is -2.25. The first kappa shape index (κ1) is 11.5. The molecule has 0 saturated heterocycles. The van der Waals surface area contributed by atoms with Gasteiger partial charge in [0.15, 0.2) is 0 Å². The lowest BCUT2D eigenvalue weighted by molar-refractivity contribution is 0.118. The summed E-state index contributed by atoms with van der Waals surface area (Å²) in [6, 6.07) is 6.14. The van der Waals surface area contributed by atoms with E-state index in [1.165, 1.54) is 6.07 Å². The summed E-state index contributed by atoms with van der Waals surface area (Å²) in [7, 11) is 0. The van der Waals surface area contributed by atoms with Crippen molar-refractivity contribution in [1.82, 2.24) is 5.32 Å². The van der Waals surface area contributed by atoms with Crippen LogP contribution in [-0.2, 0) is 11.3 Å². The molecule has 0 spiro atoms. The molecule has 82 valence electrons. The van der Waals surface area contributed by atoms with Crippen molar-refractivity contribution in [3.05, 3.63) is 35.6 Å². The number of halogens is 1. The number of aliphatic hydroxyl groups is 1. The van der Waals surface area contributed by atoms with Crippen LogP contribution in [0.2, 0.25) is 0 Å². The maximum absolute atomic E-state index is 13.1. The highest BCUT2D eigenvalue weighted by Crippen LogP contribution is 2.05. The maximum atomic E-state index is 13.1. The number of ether oxygens (including phenoxy) is 1. The number of hydrogen-bond acceptors (Lipinski definition) is 3. The fourth-order valence-corrected chi connectivity index (χ4v) is 0.999. The van der Waals surface area contributed by atoms with E-state index < -0.39 is 6.09 Å². The Labute approximate surface area is 86.7 Å². The lowest BCUT2D eigenvalue weighted by Gasteiger charge is -2.06. The van der Waals surface area contributed by atoms with E-state index in [0.717, 1.165) is 0 Å². The van der Waals surface area contributed by atoms with Crippen LogP contribution in [-0.4, -0.2) is 24.4 Å². The van der Waals surface area contributed by atoms with Crippen LogP contribution >= 0.6 is 0 Å². The molecule has 1 aromatic carbocycles. The van der Waals surface area contributed by atoms with Gasteiger partial charge in [-0.1, -0.05) is 18.2 Å². The highest BCUT2D eigenvalue weighted by Gasteiger charge is 2.04. The molecule has 0 fully saturated rings. The minimum absolute atomic E-state index is 0.0664. The van der Waals surface area contributed by atoms with Crippen LogP contribution in [0.5, 0.6) is 0 Å². The first-order chi connectivity index (χ1) is 7.24. The summed E-state index contributed by atoms with van der Waals surface area (Å²) in [4.78, 5) is 10.9. The van der Waals surface area contributed by atoms with Crippen molar-refractivity contribution in [1.29, 1.82) is 0 Å². The third kappa shape index (κ3) is 3.95. The summed E-state index contributed by atoms with van der Waals surface area (Å²) in [5, 5.41) is 10.7. The molecule has 1 rings (SSSR count). The van der Waals surface area contributed by atoms with Gasteiger partial charge < -0.3 is 15.2 Å².